The van der Waals surface area contributed by atoms with Crippen molar-refractivity contribution < 1.29 is 9.59 Å². The molecule has 0 aliphatic carbocycles. The minimum atomic E-state index is -0.983. The molecule has 0 heterocycles. The summed E-state index contributed by atoms with van der Waals surface area (Å²) < 4.78 is 0. The molecular weight excluding hydrogens is 158 g/mol. The zero-order chi connectivity index (χ0) is 7.28. The Balaban J connectivity index is 0. The Bertz CT molecular complexity index is 128. The molecule has 5 N–H and O–H groups in total. The fourth-order valence-corrected chi connectivity index (χ4v) is 0.273. The van der Waals surface area contributed by atoms with E-state index >= 15 is 0 Å². The average molecular weight is 168 g/mol. The van der Waals surface area contributed by atoms with Gasteiger partial charge in [0, 0.05) is 13.1 Å². The monoisotopic (exact) mass is 167 g/mol. The van der Waals surface area contributed by atoms with Gasteiger partial charge in [0.15, 0.2) is 0 Å². The van der Waals surface area contributed by atoms with Crippen LogP contribution in [0.2, 0.25) is 0 Å². The van der Waals surface area contributed by atoms with Crippen molar-refractivity contribution in [1.82, 2.24) is 5.32 Å². The highest BCUT2D eigenvalue weighted by atomic mass is 35.5. The number of amides is 2. The Kier molecular flexibility index (Phi) is 7.53. The summed E-state index contributed by atoms with van der Waals surface area (Å²) >= 11 is 0. The summed E-state index contributed by atoms with van der Waals surface area (Å²) in [5.74, 6) is -1.77. The second kappa shape index (κ2) is 6.31. The molecule has 2 amide bonds. The van der Waals surface area contributed by atoms with Crippen LogP contribution in [0.15, 0.2) is 0 Å². The van der Waals surface area contributed by atoms with Gasteiger partial charge in [-0.25, -0.2) is 0 Å². The number of halogens is 1. The van der Waals surface area contributed by atoms with Crippen LogP contribution in [-0.4, -0.2) is 24.9 Å². The van der Waals surface area contributed by atoms with E-state index in [2.05, 4.69) is 11.1 Å². The smallest absolute Gasteiger partial charge is 0.309 e. The Morgan fingerprint density at radius 1 is 1.40 bits per heavy atom. The van der Waals surface area contributed by atoms with Crippen molar-refractivity contribution in [3.8, 4) is 0 Å². The molecule has 0 radical (unpaired) electrons. The number of hydrogen-bond acceptors (Lipinski definition) is 3. The van der Waals surface area contributed by atoms with Gasteiger partial charge in [-0.1, -0.05) is 0 Å². The van der Waals surface area contributed by atoms with Gasteiger partial charge in [0.1, 0.15) is 0 Å². The summed E-state index contributed by atoms with van der Waals surface area (Å²) in [6.07, 6.45) is 0. The molecule has 0 aliphatic heterocycles. The fourth-order valence-electron chi connectivity index (χ4n) is 0.273. The molecule has 0 saturated heterocycles. The van der Waals surface area contributed by atoms with Crippen LogP contribution in [0.25, 0.3) is 0 Å². The molecule has 0 rings (SSSR count). The zero-order valence-electron chi connectivity index (χ0n) is 5.29. The van der Waals surface area contributed by atoms with E-state index in [0.29, 0.717) is 6.54 Å². The minimum absolute atomic E-state index is 0. The highest BCUT2D eigenvalue weighted by Crippen LogP contribution is 1.59. The summed E-state index contributed by atoms with van der Waals surface area (Å²) in [5.41, 5.74) is 9.60. The minimum Gasteiger partial charge on any atom is -0.361 e. The number of rotatable bonds is 2. The lowest BCUT2D eigenvalue weighted by Crippen LogP contribution is -2.38. The molecule has 60 valence electrons. The molecule has 10 heavy (non-hydrogen) atoms. The van der Waals surface area contributed by atoms with Crippen molar-refractivity contribution in [3.05, 3.63) is 0 Å². The van der Waals surface area contributed by atoms with Gasteiger partial charge in [0.05, 0.1) is 0 Å². The summed E-state index contributed by atoms with van der Waals surface area (Å²) in [7, 11) is 0. The van der Waals surface area contributed by atoms with Crippen molar-refractivity contribution in [2.45, 2.75) is 0 Å². The van der Waals surface area contributed by atoms with Gasteiger partial charge in [0.2, 0.25) is 0 Å². The second-order valence-electron chi connectivity index (χ2n) is 1.41. The number of hydrogen-bond donors (Lipinski definition) is 3. The van der Waals surface area contributed by atoms with Gasteiger partial charge in [-0.2, -0.15) is 0 Å². The molecule has 5 nitrogen and oxygen atoms in total. The van der Waals surface area contributed by atoms with Gasteiger partial charge in [-0.05, 0) is 0 Å². The first-order valence-corrected chi connectivity index (χ1v) is 2.46. The zero-order valence-corrected chi connectivity index (χ0v) is 6.11. The lowest BCUT2D eigenvalue weighted by atomic mass is 10.5. The van der Waals surface area contributed by atoms with Gasteiger partial charge in [-0.15, -0.1) is 12.4 Å². The Labute approximate surface area is 64.5 Å². The molecule has 0 saturated carbocycles. The number of carbonyl (C=O) groups is 2. The van der Waals surface area contributed by atoms with E-state index in [4.69, 9.17) is 5.73 Å². The van der Waals surface area contributed by atoms with E-state index in [0.717, 1.165) is 0 Å². The molecule has 0 aromatic rings. The predicted molar refractivity (Wildman–Crippen MR) is 38.5 cm³/mol. The molecule has 0 aliphatic rings. The largest absolute Gasteiger partial charge is 0.361 e. The molecule has 0 fully saturated rings. The second-order valence-corrected chi connectivity index (χ2v) is 1.41. The summed E-state index contributed by atoms with van der Waals surface area (Å²) in [6.45, 7) is 0.584. The van der Waals surface area contributed by atoms with Crippen LogP contribution in [0.5, 0.6) is 0 Å². The highest BCUT2D eigenvalue weighted by Gasteiger charge is 2.04. The maximum atomic E-state index is 10.3. The normalized spacial score (nSPS) is 7.70. The SMILES string of the molecule is Cl.NCCNC(=O)C(N)=O. The van der Waals surface area contributed by atoms with Crippen molar-refractivity contribution >= 4 is 24.2 Å². The molecular formula is C4H10ClN3O2. The van der Waals surface area contributed by atoms with Gasteiger partial charge in [-0.3, -0.25) is 9.59 Å². The van der Waals surface area contributed by atoms with Crippen molar-refractivity contribution in [2.24, 2.45) is 11.5 Å². The van der Waals surface area contributed by atoms with Crippen LogP contribution in [0.3, 0.4) is 0 Å². The van der Waals surface area contributed by atoms with Crippen molar-refractivity contribution in [3.63, 3.8) is 0 Å². The molecule has 0 unspecified atom stereocenters. The average Bonchev–Trinajstić information content (AvgIpc) is 1.82. The Hall–Kier alpha value is -0.810. The molecule has 0 atom stereocenters. The van der Waals surface area contributed by atoms with Crippen LogP contribution in [-0.2, 0) is 9.59 Å². The summed E-state index contributed by atoms with van der Waals surface area (Å²) in [4.78, 5) is 20.2. The van der Waals surface area contributed by atoms with Gasteiger partial charge < -0.3 is 16.8 Å². The lowest BCUT2D eigenvalue weighted by Gasteiger charge is -1.96. The first-order chi connectivity index (χ1) is 4.18. The molecule has 0 aromatic carbocycles. The molecule has 0 bridgehead atoms. The van der Waals surface area contributed by atoms with E-state index in [9.17, 15) is 9.59 Å². The Morgan fingerprint density at radius 2 is 1.90 bits per heavy atom. The maximum Gasteiger partial charge on any atom is 0.309 e. The quantitative estimate of drug-likeness (QED) is 0.414. The number of primary amides is 1. The third-order valence-corrected chi connectivity index (χ3v) is 0.654. The third kappa shape index (κ3) is 5.33. The first-order valence-electron chi connectivity index (χ1n) is 2.46. The van der Waals surface area contributed by atoms with E-state index in [-0.39, 0.29) is 19.0 Å². The van der Waals surface area contributed by atoms with E-state index in [1.807, 2.05) is 0 Å². The standard InChI is InChI=1S/C4H9N3O2.ClH/c5-1-2-7-4(9)3(6)8;/h1-2,5H2,(H2,6,8)(H,7,9);1H. The van der Waals surface area contributed by atoms with Crippen LogP contribution < -0.4 is 16.8 Å². The maximum absolute atomic E-state index is 10.3. The number of carbonyl (C=O) groups excluding carboxylic acids is 2. The Morgan fingerprint density at radius 3 is 2.20 bits per heavy atom. The highest BCUT2D eigenvalue weighted by molar-refractivity contribution is 6.34. The van der Waals surface area contributed by atoms with Crippen LogP contribution >= 0.6 is 12.4 Å². The molecule has 6 heteroatoms. The third-order valence-electron chi connectivity index (χ3n) is 0.654. The van der Waals surface area contributed by atoms with E-state index in [1.165, 1.54) is 0 Å². The summed E-state index contributed by atoms with van der Waals surface area (Å²) in [6, 6.07) is 0. The van der Waals surface area contributed by atoms with Crippen molar-refractivity contribution in [2.75, 3.05) is 13.1 Å². The lowest BCUT2D eigenvalue weighted by molar-refractivity contribution is -0.137. The summed E-state index contributed by atoms with van der Waals surface area (Å²) in [5, 5.41) is 2.19. The van der Waals surface area contributed by atoms with Crippen LogP contribution in [0.4, 0.5) is 0 Å². The number of nitrogens with two attached hydrogens (primary N) is 2. The van der Waals surface area contributed by atoms with Gasteiger partial charge >= 0.3 is 11.8 Å². The van der Waals surface area contributed by atoms with Crippen LogP contribution in [0, 0.1) is 0 Å². The van der Waals surface area contributed by atoms with Crippen molar-refractivity contribution in [1.29, 1.82) is 0 Å². The fraction of sp³-hybridized carbons (Fsp3) is 0.500. The predicted octanol–water partition coefficient (Wildman–Crippen LogP) is -2.03. The first kappa shape index (κ1) is 11.9. The topological polar surface area (TPSA) is 98.2 Å². The molecule has 0 aromatic heterocycles. The van der Waals surface area contributed by atoms with Gasteiger partial charge in [0.25, 0.3) is 0 Å². The van der Waals surface area contributed by atoms with E-state index < -0.39 is 11.8 Å². The molecule has 0 spiro atoms. The van der Waals surface area contributed by atoms with Crippen LogP contribution in [0.1, 0.15) is 0 Å². The van der Waals surface area contributed by atoms with E-state index in [1.54, 1.807) is 0 Å². The number of nitrogens with one attached hydrogen (secondary N) is 1.